The van der Waals surface area contributed by atoms with E-state index in [1.54, 1.807) is 0 Å². The zero-order valence-corrected chi connectivity index (χ0v) is 9.36. The Hall–Kier alpha value is -1.16. The van der Waals surface area contributed by atoms with Gasteiger partial charge in [-0.05, 0) is 25.3 Å². The first-order chi connectivity index (χ1) is 7.58. The topological polar surface area (TPSA) is 63.6 Å². The molecule has 0 aromatic heterocycles. The van der Waals surface area contributed by atoms with E-state index in [4.69, 9.17) is 4.74 Å². The Bertz CT molecular complexity index is 358. The molecule has 0 spiro atoms. The number of fused-ring (bicyclic) bond motifs is 1. The number of aliphatic hydroxyl groups is 1. The van der Waals surface area contributed by atoms with E-state index in [1.165, 1.54) is 6.08 Å². The number of carbonyl (C=O) groups excluding carboxylic acids is 2. The number of hydrogen-bond donors (Lipinski definition) is 1. The summed E-state index contributed by atoms with van der Waals surface area (Å²) in [6.45, 7) is 2.04. The van der Waals surface area contributed by atoms with Crippen LogP contribution in [0, 0.1) is 0 Å². The van der Waals surface area contributed by atoms with Crippen LogP contribution in [0.3, 0.4) is 0 Å². The highest BCUT2D eigenvalue weighted by Gasteiger charge is 2.53. The van der Waals surface area contributed by atoms with Crippen LogP contribution in [-0.2, 0) is 14.3 Å². The molecule has 1 aliphatic carbocycles. The smallest absolute Gasteiger partial charge is 0.337 e. The van der Waals surface area contributed by atoms with Crippen LogP contribution in [0.2, 0.25) is 0 Å². The average Bonchev–Trinajstić information content (AvgIpc) is 2.50. The Balaban J connectivity index is 2.24. The van der Waals surface area contributed by atoms with Crippen LogP contribution >= 0.6 is 0 Å². The molecule has 4 nitrogen and oxygen atoms in total. The van der Waals surface area contributed by atoms with Crippen molar-refractivity contribution in [2.75, 3.05) is 0 Å². The van der Waals surface area contributed by atoms with Crippen LogP contribution < -0.4 is 0 Å². The van der Waals surface area contributed by atoms with Crippen LogP contribution in [0.5, 0.6) is 0 Å². The summed E-state index contributed by atoms with van der Waals surface area (Å²) in [5.41, 5.74) is -1.06. The first kappa shape index (κ1) is 11.3. The minimum absolute atomic E-state index is 0.104. The molecule has 0 radical (unpaired) electrons. The van der Waals surface area contributed by atoms with Crippen molar-refractivity contribution in [1.82, 2.24) is 0 Å². The molecule has 2 rings (SSSR count). The fourth-order valence-corrected chi connectivity index (χ4v) is 2.35. The van der Waals surface area contributed by atoms with Crippen molar-refractivity contribution in [1.29, 1.82) is 0 Å². The van der Waals surface area contributed by atoms with Gasteiger partial charge in [-0.2, -0.15) is 0 Å². The van der Waals surface area contributed by atoms with Gasteiger partial charge in [0.1, 0.15) is 11.7 Å². The van der Waals surface area contributed by atoms with Gasteiger partial charge in [0.2, 0.25) is 0 Å². The third-order valence-electron chi connectivity index (χ3n) is 3.35. The molecule has 1 heterocycles. The molecule has 0 amide bonds. The Kier molecular flexibility index (Phi) is 2.84. The summed E-state index contributed by atoms with van der Waals surface area (Å²) >= 11 is 0. The predicted molar refractivity (Wildman–Crippen MR) is 56.7 cm³/mol. The van der Waals surface area contributed by atoms with Crippen LogP contribution in [-0.4, -0.2) is 28.6 Å². The number of hydrogen-bond acceptors (Lipinski definition) is 4. The third-order valence-corrected chi connectivity index (χ3v) is 3.35. The minimum Gasteiger partial charge on any atom is -0.455 e. The van der Waals surface area contributed by atoms with Crippen LogP contribution in [0.25, 0.3) is 0 Å². The number of cyclic esters (lactones) is 1. The molecule has 1 saturated heterocycles. The number of allylic oxidation sites excluding steroid dienone is 1. The number of unbranched alkanes of at least 4 members (excludes halogenated alkanes) is 1. The number of carbonyl (C=O) groups is 2. The van der Waals surface area contributed by atoms with Crippen molar-refractivity contribution < 1.29 is 19.4 Å². The van der Waals surface area contributed by atoms with Crippen molar-refractivity contribution in [3.63, 3.8) is 0 Å². The van der Waals surface area contributed by atoms with Crippen LogP contribution in [0.4, 0.5) is 0 Å². The zero-order valence-electron chi connectivity index (χ0n) is 9.36. The van der Waals surface area contributed by atoms with Gasteiger partial charge in [0, 0.05) is 6.42 Å². The molecular formula is C12H16O4. The quantitative estimate of drug-likeness (QED) is 0.730. The van der Waals surface area contributed by atoms with E-state index in [9.17, 15) is 14.7 Å². The van der Waals surface area contributed by atoms with Gasteiger partial charge in [0.05, 0.1) is 5.57 Å². The summed E-state index contributed by atoms with van der Waals surface area (Å²) in [7, 11) is 0. The lowest BCUT2D eigenvalue weighted by atomic mass is 9.79. The molecule has 0 aromatic rings. The monoisotopic (exact) mass is 224 g/mol. The fraction of sp³-hybridized carbons (Fsp3) is 0.667. The first-order valence-corrected chi connectivity index (χ1v) is 5.76. The van der Waals surface area contributed by atoms with Crippen molar-refractivity contribution in [2.45, 2.75) is 50.7 Å². The predicted octanol–water partition coefficient (Wildman–Crippen LogP) is 1.12. The lowest BCUT2D eigenvalue weighted by molar-refractivity contribution is -0.141. The Morgan fingerprint density at radius 2 is 2.31 bits per heavy atom. The number of rotatable bonds is 3. The SMILES string of the molecule is CCCC[C@@H]1OC(=O)C2=CC(=O)CC[C@@]21O. The Labute approximate surface area is 94.3 Å². The molecule has 0 saturated carbocycles. The molecule has 1 N–H and O–H groups in total. The van der Waals surface area contributed by atoms with Crippen LogP contribution in [0.1, 0.15) is 39.0 Å². The maximum atomic E-state index is 11.5. The van der Waals surface area contributed by atoms with Gasteiger partial charge in [-0.3, -0.25) is 4.79 Å². The Morgan fingerprint density at radius 3 is 3.00 bits per heavy atom. The summed E-state index contributed by atoms with van der Waals surface area (Å²) in [6.07, 6.45) is 3.92. The van der Waals surface area contributed by atoms with E-state index in [0.717, 1.165) is 12.8 Å². The zero-order chi connectivity index (χ0) is 11.8. The van der Waals surface area contributed by atoms with Gasteiger partial charge >= 0.3 is 5.97 Å². The lowest BCUT2D eigenvalue weighted by Gasteiger charge is -2.29. The molecule has 0 unspecified atom stereocenters. The van der Waals surface area contributed by atoms with Crippen LogP contribution in [0.15, 0.2) is 11.6 Å². The van der Waals surface area contributed by atoms with Gasteiger partial charge in [-0.25, -0.2) is 4.79 Å². The highest BCUT2D eigenvalue weighted by atomic mass is 16.6. The average molecular weight is 224 g/mol. The molecule has 4 heteroatoms. The van der Waals surface area contributed by atoms with E-state index < -0.39 is 17.7 Å². The number of ether oxygens (including phenoxy) is 1. The van der Waals surface area contributed by atoms with E-state index in [0.29, 0.717) is 19.3 Å². The largest absolute Gasteiger partial charge is 0.455 e. The Morgan fingerprint density at radius 1 is 1.56 bits per heavy atom. The second kappa shape index (κ2) is 4.01. The lowest BCUT2D eigenvalue weighted by Crippen LogP contribution is -2.42. The first-order valence-electron chi connectivity index (χ1n) is 5.76. The van der Waals surface area contributed by atoms with Gasteiger partial charge in [-0.15, -0.1) is 0 Å². The number of esters is 1. The highest BCUT2D eigenvalue weighted by Crippen LogP contribution is 2.40. The second-order valence-corrected chi connectivity index (χ2v) is 4.48. The molecule has 0 bridgehead atoms. The van der Waals surface area contributed by atoms with Gasteiger partial charge in [0.25, 0.3) is 0 Å². The number of ketones is 1. The fourth-order valence-electron chi connectivity index (χ4n) is 2.35. The van der Waals surface area contributed by atoms with Crippen molar-refractivity contribution in [3.05, 3.63) is 11.6 Å². The molecule has 0 aromatic carbocycles. The van der Waals surface area contributed by atoms with E-state index in [2.05, 4.69) is 0 Å². The van der Waals surface area contributed by atoms with Crippen molar-refractivity contribution >= 4 is 11.8 Å². The van der Waals surface area contributed by atoms with E-state index >= 15 is 0 Å². The molecule has 1 aliphatic heterocycles. The second-order valence-electron chi connectivity index (χ2n) is 4.48. The maximum Gasteiger partial charge on any atom is 0.337 e. The van der Waals surface area contributed by atoms with Gasteiger partial charge < -0.3 is 9.84 Å². The van der Waals surface area contributed by atoms with Gasteiger partial charge in [0.15, 0.2) is 5.78 Å². The molecular weight excluding hydrogens is 208 g/mol. The summed E-state index contributed by atoms with van der Waals surface area (Å²) < 4.78 is 5.15. The molecule has 16 heavy (non-hydrogen) atoms. The molecule has 2 atom stereocenters. The summed E-state index contributed by atoms with van der Waals surface area (Å²) in [4.78, 5) is 22.7. The van der Waals surface area contributed by atoms with Gasteiger partial charge in [-0.1, -0.05) is 13.3 Å². The standard InChI is InChI=1S/C12H16O4/c1-2-3-4-10-12(15)6-5-8(13)7-9(12)11(14)16-10/h7,10,15H,2-6H2,1H3/t10-,12+/m0/s1. The minimum atomic E-state index is -1.22. The summed E-state index contributed by atoms with van der Waals surface area (Å²) in [6, 6.07) is 0. The summed E-state index contributed by atoms with van der Waals surface area (Å²) in [5.74, 6) is -0.635. The molecule has 2 aliphatic rings. The third kappa shape index (κ3) is 1.67. The van der Waals surface area contributed by atoms with Crippen molar-refractivity contribution in [2.24, 2.45) is 0 Å². The van der Waals surface area contributed by atoms with Crippen molar-refractivity contribution in [3.8, 4) is 0 Å². The molecule has 1 fully saturated rings. The molecule has 88 valence electrons. The van der Waals surface area contributed by atoms with E-state index in [-0.39, 0.29) is 11.4 Å². The van der Waals surface area contributed by atoms with E-state index in [1.807, 2.05) is 6.92 Å². The maximum absolute atomic E-state index is 11.5. The normalized spacial score (nSPS) is 33.4. The summed E-state index contributed by atoms with van der Waals surface area (Å²) in [5, 5.41) is 10.4. The highest BCUT2D eigenvalue weighted by molar-refractivity contribution is 6.04.